The predicted molar refractivity (Wildman–Crippen MR) is 68.0 cm³/mol. The summed E-state index contributed by atoms with van der Waals surface area (Å²) in [4.78, 5) is 2.27. The van der Waals surface area contributed by atoms with Crippen LogP contribution in [-0.4, -0.2) is 59.2 Å². The van der Waals surface area contributed by atoms with Crippen LogP contribution in [0.2, 0.25) is 0 Å². The lowest BCUT2D eigenvalue weighted by Crippen LogP contribution is -2.59. The third-order valence-corrected chi connectivity index (χ3v) is 3.13. The summed E-state index contributed by atoms with van der Waals surface area (Å²) >= 11 is 0. The Hall–Kier alpha value is -0.160. The van der Waals surface area contributed by atoms with Crippen molar-refractivity contribution in [1.29, 1.82) is 0 Å². The second-order valence-electron chi connectivity index (χ2n) is 6.89. The third-order valence-electron chi connectivity index (χ3n) is 3.13. The summed E-state index contributed by atoms with van der Waals surface area (Å²) < 4.78 is 6.01. The fourth-order valence-electron chi connectivity index (χ4n) is 2.75. The van der Waals surface area contributed by atoms with Crippen LogP contribution in [0.4, 0.5) is 0 Å². The average Bonchev–Trinajstić information content (AvgIpc) is 2.12. The Morgan fingerprint density at radius 1 is 1.06 bits per heavy atom. The molecule has 4 heteroatoms. The molecule has 0 spiro atoms. The van der Waals surface area contributed by atoms with Crippen molar-refractivity contribution in [1.82, 2.24) is 4.90 Å². The quantitative estimate of drug-likeness (QED) is 0.771. The number of hydrogen-bond donors (Lipinski definition) is 2. The smallest absolute Gasteiger partial charge is 0.0760 e. The van der Waals surface area contributed by atoms with Crippen LogP contribution in [0.15, 0.2) is 0 Å². The van der Waals surface area contributed by atoms with E-state index in [1.807, 2.05) is 6.92 Å². The van der Waals surface area contributed by atoms with Crippen molar-refractivity contribution in [3.05, 3.63) is 0 Å². The Morgan fingerprint density at radius 2 is 1.47 bits per heavy atom. The van der Waals surface area contributed by atoms with Crippen molar-refractivity contribution in [3.8, 4) is 0 Å². The summed E-state index contributed by atoms with van der Waals surface area (Å²) in [7, 11) is 0. The maximum Gasteiger partial charge on any atom is 0.0760 e. The van der Waals surface area contributed by atoms with Gasteiger partial charge in [0.1, 0.15) is 0 Å². The van der Waals surface area contributed by atoms with E-state index in [1.165, 1.54) is 0 Å². The lowest BCUT2D eigenvalue weighted by molar-refractivity contribution is -0.186. The normalized spacial score (nSPS) is 24.9. The van der Waals surface area contributed by atoms with Crippen LogP contribution < -0.4 is 0 Å². The molecule has 1 heterocycles. The molecule has 0 amide bonds. The van der Waals surface area contributed by atoms with Crippen LogP contribution in [0.1, 0.15) is 34.6 Å². The molecule has 0 atom stereocenters. The molecule has 1 saturated heterocycles. The third kappa shape index (κ3) is 4.21. The highest BCUT2D eigenvalue weighted by atomic mass is 16.5. The first-order valence-electron chi connectivity index (χ1n) is 6.26. The molecule has 1 fully saturated rings. The monoisotopic (exact) mass is 245 g/mol. The fourth-order valence-corrected chi connectivity index (χ4v) is 2.75. The summed E-state index contributed by atoms with van der Waals surface area (Å²) in [5, 5.41) is 18.7. The molecule has 0 bridgehead atoms. The van der Waals surface area contributed by atoms with Gasteiger partial charge in [0.15, 0.2) is 0 Å². The zero-order valence-corrected chi connectivity index (χ0v) is 11.8. The molecular weight excluding hydrogens is 218 g/mol. The van der Waals surface area contributed by atoms with Gasteiger partial charge < -0.3 is 14.9 Å². The molecule has 0 radical (unpaired) electrons. The van der Waals surface area contributed by atoms with Gasteiger partial charge >= 0.3 is 0 Å². The molecule has 1 aliphatic rings. The van der Waals surface area contributed by atoms with Crippen molar-refractivity contribution in [2.24, 2.45) is 5.41 Å². The van der Waals surface area contributed by atoms with Crippen LogP contribution in [0.3, 0.4) is 0 Å². The first-order chi connectivity index (χ1) is 7.61. The van der Waals surface area contributed by atoms with Crippen LogP contribution in [0.25, 0.3) is 0 Å². The van der Waals surface area contributed by atoms with Crippen LogP contribution >= 0.6 is 0 Å². The average molecular weight is 245 g/mol. The summed E-state index contributed by atoms with van der Waals surface area (Å²) in [6.45, 7) is 12.6. The molecule has 0 aromatic heterocycles. The number of nitrogens with zero attached hydrogens (tertiary/aromatic N) is 1. The van der Waals surface area contributed by atoms with Crippen LogP contribution in [-0.2, 0) is 4.74 Å². The molecular formula is C13H27NO3. The van der Waals surface area contributed by atoms with Gasteiger partial charge in [0.25, 0.3) is 0 Å². The number of aliphatic hydroxyl groups is 2. The summed E-state index contributed by atoms with van der Waals surface area (Å²) in [5.74, 6) is 0. The highest BCUT2D eigenvalue weighted by Crippen LogP contribution is 2.30. The maximum atomic E-state index is 9.36. The van der Waals surface area contributed by atoms with Gasteiger partial charge in [-0.15, -0.1) is 0 Å². The number of hydrogen-bond acceptors (Lipinski definition) is 4. The van der Waals surface area contributed by atoms with E-state index in [4.69, 9.17) is 4.74 Å². The molecule has 0 saturated carbocycles. The Kier molecular flexibility index (Phi) is 4.24. The van der Waals surface area contributed by atoms with E-state index >= 15 is 0 Å². The van der Waals surface area contributed by atoms with Crippen molar-refractivity contribution < 1.29 is 14.9 Å². The first-order valence-corrected chi connectivity index (χ1v) is 6.26. The van der Waals surface area contributed by atoms with Crippen LogP contribution in [0.5, 0.6) is 0 Å². The molecule has 4 nitrogen and oxygen atoms in total. The van der Waals surface area contributed by atoms with Crippen molar-refractivity contribution in [2.75, 3.05) is 32.8 Å². The second-order valence-corrected chi connectivity index (χ2v) is 6.89. The fraction of sp³-hybridized carbons (Fsp3) is 1.00. The van der Waals surface area contributed by atoms with Gasteiger partial charge in [0.2, 0.25) is 0 Å². The number of ether oxygens (including phenoxy) is 1. The maximum absolute atomic E-state index is 9.36. The summed E-state index contributed by atoms with van der Waals surface area (Å²) in [6.07, 6.45) is 0. The van der Waals surface area contributed by atoms with Crippen LogP contribution in [0, 0.1) is 5.41 Å². The SMILES string of the molecule is CC(CO)(CO)CN1CC(C)(C)OC(C)(C)C1. The minimum Gasteiger partial charge on any atom is -0.396 e. The minimum atomic E-state index is -0.441. The van der Waals surface area contributed by atoms with Gasteiger partial charge in [0.05, 0.1) is 24.4 Å². The Labute approximate surface area is 105 Å². The summed E-state index contributed by atoms with van der Waals surface area (Å²) in [6, 6.07) is 0. The molecule has 17 heavy (non-hydrogen) atoms. The molecule has 0 aromatic carbocycles. The lowest BCUT2D eigenvalue weighted by Gasteiger charge is -2.49. The Balaban J connectivity index is 2.71. The Bertz CT molecular complexity index is 243. The van der Waals surface area contributed by atoms with E-state index < -0.39 is 5.41 Å². The van der Waals surface area contributed by atoms with Gasteiger partial charge in [-0.2, -0.15) is 0 Å². The van der Waals surface area contributed by atoms with E-state index in [2.05, 4.69) is 32.6 Å². The van der Waals surface area contributed by atoms with Gasteiger partial charge in [-0.3, -0.25) is 4.90 Å². The molecule has 1 rings (SSSR count). The largest absolute Gasteiger partial charge is 0.396 e. The van der Waals surface area contributed by atoms with Gasteiger partial charge in [-0.05, 0) is 27.7 Å². The number of aliphatic hydroxyl groups excluding tert-OH is 2. The molecule has 0 unspecified atom stereocenters. The molecule has 0 aromatic rings. The standard InChI is InChI=1S/C13H27NO3/c1-11(2)6-14(7-12(3,4)17-11)8-13(5,9-15)10-16/h15-16H,6-10H2,1-5H3. The zero-order chi connectivity index (χ0) is 13.3. The van der Waals surface area contributed by atoms with Gasteiger partial charge in [0, 0.05) is 25.0 Å². The number of rotatable bonds is 4. The molecule has 0 aliphatic carbocycles. The zero-order valence-electron chi connectivity index (χ0n) is 11.8. The lowest BCUT2D eigenvalue weighted by atomic mass is 9.90. The van der Waals surface area contributed by atoms with Gasteiger partial charge in [-0.1, -0.05) is 6.92 Å². The summed E-state index contributed by atoms with van der Waals surface area (Å²) in [5.41, 5.74) is -0.815. The minimum absolute atomic E-state index is 0.00170. The highest BCUT2D eigenvalue weighted by Gasteiger charge is 2.40. The van der Waals surface area contributed by atoms with Crippen molar-refractivity contribution >= 4 is 0 Å². The topological polar surface area (TPSA) is 52.9 Å². The van der Waals surface area contributed by atoms with E-state index in [-0.39, 0.29) is 24.4 Å². The second kappa shape index (κ2) is 4.84. The van der Waals surface area contributed by atoms with E-state index in [1.54, 1.807) is 0 Å². The van der Waals surface area contributed by atoms with Crippen molar-refractivity contribution in [3.63, 3.8) is 0 Å². The highest BCUT2D eigenvalue weighted by molar-refractivity contribution is 4.91. The molecule has 102 valence electrons. The first kappa shape index (κ1) is 14.9. The number of morpholine rings is 1. The van der Waals surface area contributed by atoms with E-state index in [0.29, 0.717) is 6.54 Å². The molecule has 2 N–H and O–H groups in total. The predicted octanol–water partition coefficient (Wildman–Crippen LogP) is 0.867. The molecule has 1 aliphatic heterocycles. The van der Waals surface area contributed by atoms with E-state index in [0.717, 1.165) is 13.1 Å². The van der Waals surface area contributed by atoms with Gasteiger partial charge in [-0.25, -0.2) is 0 Å². The Morgan fingerprint density at radius 3 is 1.82 bits per heavy atom. The van der Waals surface area contributed by atoms with E-state index in [9.17, 15) is 10.2 Å². The van der Waals surface area contributed by atoms with Crippen molar-refractivity contribution in [2.45, 2.75) is 45.8 Å².